The van der Waals surface area contributed by atoms with Crippen molar-refractivity contribution >= 4 is 21.2 Å². The van der Waals surface area contributed by atoms with E-state index in [-0.39, 0.29) is 4.90 Å². The van der Waals surface area contributed by atoms with Crippen molar-refractivity contribution in [2.75, 3.05) is 39.1 Å². The molecule has 0 bridgehead atoms. The largest absolute Gasteiger partial charge is 0.435 e. The van der Waals surface area contributed by atoms with Crippen LogP contribution in [0.3, 0.4) is 0 Å². The van der Waals surface area contributed by atoms with Gasteiger partial charge in [-0.3, -0.25) is 9.58 Å². The van der Waals surface area contributed by atoms with E-state index < -0.39 is 21.7 Å². The Labute approximate surface area is 188 Å². The number of alkyl halides is 3. The number of hydrogen-bond acceptors (Lipinski definition) is 6. The van der Waals surface area contributed by atoms with E-state index in [1.807, 2.05) is 0 Å². The van der Waals surface area contributed by atoms with Gasteiger partial charge in [0, 0.05) is 30.8 Å². The summed E-state index contributed by atoms with van der Waals surface area (Å²) in [5.74, 6) is 0. The summed E-state index contributed by atoms with van der Waals surface area (Å²) in [6, 6.07) is 11.1. The second-order valence-corrected chi connectivity index (χ2v) is 10.7. The van der Waals surface area contributed by atoms with Crippen molar-refractivity contribution in [2.45, 2.75) is 17.6 Å². The van der Waals surface area contributed by atoms with E-state index in [1.165, 1.54) is 22.1 Å². The lowest BCUT2D eigenvalue weighted by Gasteiger charge is -2.26. The average Bonchev–Trinajstić information content (AvgIpc) is 3.39. The Morgan fingerprint density at radius 3 is 2.47 bits per heavy atom. The highest BCUT2D eigenvalue weighted by Gasteiger charge is 2.35. The highest BCUT2D eigenvalue weighted by Crippen LogP contribution is 2.38. The summed E-state index contributed by atoms with van der Waals surface area (Å²) >= 11 is 1.30. The van der Waals surface area contributed by atoms with Crippen LogP contribution in [0.2, 0.25) is 0 Å². The van der Waals surface area contributed by atoms with Gasteiger partial charge in [-0.05, 0) is 35.9 Å². The minimum atomic E-state index is -4.54. The van der Waals surface area contributed by atoms with E-state index >= 15 is 0 Å². The van der Waals surface area contributed by atoms with E-state index in [9.17, 15) is 21.6 Å². The molecule has 0 N–H and O–H groups in total. The maximum atomic E-state index is 13.4. The predicted molar refractivity (Wildman–Crippen MR) is 116 cm³/mol. The molecule has 0 aliphatic carbocycles. The molecule has 172 valence electrons. The molecule has 4 rings (SSSR count). The van der Waals surface area contributed by atoms with Crippen LogP contribution in [0.15, 0.2) is 47.4 Å². The molecule has 0 saturated carbocycles. The van der Waals surface area contributed by atoms with E-state index in [2.05, 4.69) is 10.00 Å². The lowest BCUT2D eigenvalue weighted by molar-refractivity contribution is -0.141. The molecule has 1 aliphatic rings. The summed E-state index contributed by atoms with van der Waals surface area (Å²) < 4.78 is 70.5. The molecule has 1 aromatic carbocycles. The Balaban J connectivity index is 1.64. The second kappa shape index (κ2) is 8.97. The van der Waals surface area contributed by atoms with Crippen LogP contribution >= 0.6 is 11.3 Å². The Morgan fingerprint density at radius 2 is 1.78 bits per heavy atom. The number of nitrogens with zero attached hydrogens (tertiary/aromatic N) is 3. The Kier molecular flexibility index (Phi) is 6.44. The molecule has 32 heavy (non-hydrogen) atoms. The fraction of sp³-hybridized carbons (Fsp3) is 0.381. The van der Waals surface area contributed by atoms with E-state index in [0.29, 0.717) is 42.4 Å². The molecule has 1 aliphatic heterocycles. The summed E-state index contributed by atoms with van der Waals surface area (Å²) in [6.45, 7) is 3.60. The smallest absolute Gasteiger partial charge is 0.379 e. The number of ether oxygens (including phenoxy) is 1. The van der Waals surface area contributed by atoms with Crippen LogP contribution in [0, 0.1) is 0 Å². The molecule has 1 fully saturated rings. The first-order chi connectivity index (χ1) is 15.1. The monoisotopic (exact) mass is 485 g/mol. The topological polar surface area (TPSA) is 64.4 Å². The van der Waals surface area contributed by atoms with Gasteiger partial charge in [0.1, 0.15) is 0 Å². The molecule has 0 amide bonds. The van der Waals surface area contributed by atoms with Crippen molar-refractivity contribution in [1.29, 1.82) is 0 Å². The molecular formula is C21H22F3N3O3S2. The number of rotatable bonds is 6. The lowest BCUT2D eigenvalue weighted by Crippen LogP contribution is -2.38. The summed E-state index contributed by atoms with van der Waals surface area (Å²) in [5, 5.41) is 3.83. The highest BCUT2D eigenvalue weighted by atomic mass is 32.2. The van der Waals surface area contributed by atoms with E-state index in [0.717, 1.165) is 30.3 Å². The minimum absolute atomic E-state index is 0.194. The van der Waals surface area contributed by atoms with Gasteiger partial charge >= 0.3 is 6.18 Å². The fourth-order valence-corrected chi connectivity index (χ4v) is 5.19. The molecule has 11 heteroatoms. The maximum absolute atomic E-state index is 13.4. The van der Waals surface area contributed by atoms with Crippen molar-refractivity contribution in [3.8, 4) is 21.0 Å². The van der Waals surface area contributed by atoms with Gasteiger partial charge in [0.05, 0.1) is 35.2 Å². The van der Waals surface area contributed by atoms with Gasteiger partial charge in [-0.1, -0.05) is 12.1 Å². The Hall–Kier alpha value is -2.21. The maximum Gasteiger partial charge on any atom is 0.435 e. The minimum Gasteiger partial charge on any atom is -0.379 e. The quantitative estimate of drug-likeness (QED) is 0.528. The molecule has 3 heterocycles. The van der Waals surface area contributed by atoms with Gasteiger partial charge in [0.25, 0.3) is 0 Å². The zero-order chi connectivity index (χ0) is 22.9. The van der Waals surface area contributed by atoms with Gasteiger partial charge in [0.15, 0.2) is 15.5 Å². The number of halogens is 3. The third-order valence-corrected chi connectivity index (χ3v) is 7.47. The van der Waals surface area contributed by atoms with Gasteiger partial charge in [-0.2, -0.15) is 18.3 Å². The number of morpholine rings is 1. The number of sulfone groups is 1. The normalized spacial score (nSPS) is 15.9. The average molecular weight is 486 g/mol. The summed E-state index contributed by atoms with van der Waals surface area (Å²) in [7, 11) is -3.36. The van der Waals surface area contributed by atoms with Gasteiger partial charge < -0.3 is 4.74 Å². The van der Waals surface area contributed by atoms with E-state index in [1.54, 1.807) is 30.3 Å². The molecule has 0 unspecified atom stereocenters. The lowest BCUT2D eigenvalue weighted by atomic mass is 10.2. The van der Waals surface area contributed by atoms with Crippen molar-refractivity contribution in [3.63, 3.8) is 0 Å². The van der Waals surface area contributed by atoms with Crippen LogP contribution in [0.25, 0.3) is 21.0 Å². The summed E-state index contributed by atoms with van der Waals surface area (Å²) in [6.07, 6.45) is -3.40. The zero-order valence-corrected chi connectivity index (χ0v) is 18.9. The Bertz CT molecular complexity index is 1200. The van der Waals surface area contributed by atoms with Gasteiger partial charge in [-0.15, -0.1) is 11.3 Å². The van der Waals surface area contributed by atoms with Crippen LogP contribution in [-0.2, 0) is 27.3 Å². The molecule has 0 atom stereocenters. The first kappa shape index (κ1) is 23.0. The fourth-order valence-electron chi connectivity index (χ4n) is 3.50. The molecule has 1 saturated heterocycles. The third-order valence-electron chi connectivity index (χ3n) is 5.21. The standard InChI is InChI=1S/C21H22F3N3O3S2/c1-32(28,29)16-4-2-3-15(13-16)18-5-6-19(31-18)17-14-20(21(22,23)24)25-27(17)8-7-26-9-11-30-12-10-26/h2-6,13-14H,7-12H2,1H3. The number of aromatic nitrogens is 2. The molecular weight excluding hydrogens is 463 g/mol. The second-order valence-electron chi connectivity index (χ2n) is 7.55. The molecule has 2 aromatic heterocycles. The van der Waals surface area contributed by atoms with Gasteiger partial charge in [0.2, 0.25) is 0 Å². The molecule has 3 aromatic rings. The van der Waals surface area contributed by atoms with Crippen LogP contribution < -0.4 is 0 Å². The third kappa shape index (κ3) is 5.22. The van der Waals surface area contributed by atoms with Crippen molar-refractivity contribution < 1.29 is 26.3 Å². The number of hydrogen-bond donors (Lipinski definition) is 0. The molecule has 0 radical (unpaired) electrons. The molecule has 6 nitrogen and oxygen atoms in total. The molecule has 0 spiro atoms. The van der Waals surface area contributed by atoms with E-state index in [4.69, 9.17) is 4.74 Å². The zero-order valence-electron chi connectivity index (χ0n) is 17.3. The number of thiophene rings is 1. The van der Waals surface area contributed by atoms with Crippen LogP contribution in [-0.4, -0.2) is 62.2 Å². The van der Waals surface area contributed by atoms with Crippen molar-refractivity contribution in [2.24, 2.45) is 0 Å². The SMILES string of the molecule is CS(=O)(=O)c1cccc(-c2ccc(-c3cc(C(F)(F)F)nn3CCN3CCOCC3)s2)c1. The highest BCUT2D eigenvalue weighted by molar-refractivity contribution is 7.90. The van der Waals surface area contributed by atoms with Crippen molar-refractivity contribution in [3.05, 3.63) is 48.2 Å². The van der Waals surface area contributed by atoms with Crippen LogP contribution in [0.5, 0.6) is 0 Å². The number of benzene rings is 1. The van der Waals surface area contributed by atoms with Crippen molar-refractivity contribution in [1.82, 2.24) is 14.7 Å². The van der Waals surface area contributed by atoms with Crippen LogP contribution in [0.1, 0.15) is 5.69 Å². The Morgan fingerprint density at radius 1 is 1.06 bits per heavy atom. The first-order valence-electron chi connectivity index (χ1n) is 9.97. The summed E-state index contributed by atoms with van der Waals surface area (Å²) in [4.78, 5) is 3.73. The van der Waals surface area contributed by atoms with Gasteiger partial charge in [-0.25, -0.2) is 8.42 Å². The van der Waals surface area contributed by atoms with Crippen LogP contribution in [0.4, 0.5) is 13.2 Å². The predicted octanol–water partition coefficient (Wildman–Crippen LogP) is 4.03. The first-order valence-corrected chi connectivity index (χ1v) is 12.7. The summed E-state index contributed by atoms with van der Waals surface area (Å²) in [5.41, 5.74) is 0.157.